The first kappa shape index (κ1) is 24.8. The topological polar surface area (TPSA) is 93.1 Å². The number of hydrogen-bond acceptors (Lipinski definition) is 6. The Morgan fingerprint density at radius 1 is 1.21 bits per heavy atom. The second kappa shape index (κ2) is 8.71. The van der Waals surface area contributed by atoms with Gasteiger partial charge in [-0.25, -0.2) is 4.79 Å². The molecular formula is C28H38O6. The number of rotatable bonds is 5. The van der Waals surface area contributed by atoms with Gasteiger partial charge in [0.25, 0.3) is 0 Å². The van der Waals surface area contributed by atoms with Crippen molar-refractivity contribution < 1.29 is 29.3 Å². The van der Waals surface area contributed by atoms with Crippen molar-refractivity contribution in [2.24, 2.45) is 34.0 Å². The molecule has 4 rings (SSSR count). The second-order valence-corrected chi connectivity index (χ2v) is 11.3. The van der Waals surface area contributed by atoms with Crippen molar-refractivity contribution in [2.75, 3.05) is 6.61 Å². The van der Waals surface area contributed by atoms with E-state index >= 15 is 0 Å². The fraction of sp³-hybridized carbons (Fsp3) is 0.643. The van der Waals surface area contributed by atoms with E-state index < -0.39 is 29.0 Å². The zero-order valence-corrected chi connectivity index (χ0v) is 20.8. The number of ketones is 1. The number of phenols is 1. The Morgan fingerprint density at radius 3 is 2.53 bits per heavy atom. The maximum Gasteiger partial charge on any atom is 0.344 e. The van der Waals surface area contributed by atoms with E-state index in [1.54, 1.807) is 18.2 Å². The molecular weight excluding hydrogens is 432 g/mol. The van der Waals surface area contributed by atoms with Gasteiger partial charge in [-0.2, -0.15) is 0 Å². The highest BCUT2D eigenvalue weighted by Gasteiger charge is 2.68. The average molecular weight is 471 g/mol. The molecule has 1 aromatic carbocycles. The maximum atomic E-state index is 13.4. The Hall–Kier alpha value is -2.34. The molecule has 6 heteroatoms. The van der Waals surface area contributed by atoms with E-state index in [0.717, 1.165) is 19.3 Å². The van der Waals surface area contributed by atoms with Gasteiger partial charge in [-0.05, 0) is 67.2 Å². The minimum Gasteiger partial charge on any atom is -0.508 e. The number of carbonyl (C=O) groups excluding carboxylic acids is 2. The lowest BCUT2D eigenvalue weighted by molar-refractivity contribution is -0.207. The molecule has 0 radical (unpaired) electrons. The zero-order chi connectivity index (χ0) is 24.9. The van der Waals surface area contributed by atoms with Gasteiger partial charge in [-0.3, -0.25) is 4.79 Å². The van der Waals surface area contributed by atoms with Crippen LogP contribution >= 0.6 is 0 Å². The summed E-state index contributed by atoms with van der Waals surface area (Å²) >= 11 is 0. The first-order valence-electron chi connectivity index (χ1n) is 12.4. The summed E-state index contributed by atoms with van der Waals surface area (Å²) in [6, 6.07) is 6.15. The van der Waals surface area contributed by atoms with Gasteiger partial charge in [-0.1, -0.05) is 33.8 Å². The fourth-order valence-corrected chi connectivity index (χ4v) is 7.38. The minimum absolute atomic E-state index is 0.0618. The van der Waals surface area contributed by atoms with Crippen molar-refractivity contribution in [3.63, 3.8) is 0 Å². The third-order valence-corrected chi connectivity index (χ3v) is 9.77. The number of esters is 1. The molecule has 1 aromatic rings. The van der Waals surface area contributed by atoms with Crippen LogP contribution in [0.4, 0.5) is 0 Å². The molecule has 0 amide bonds. The Labute approximate surface area is 202 Å². The van der Waals surface area contributed by atoms with E-state index in [9.17, 15) is 19.8 Å². The summed E-state index contributed by atoms with van der Waals surface area (Å²) in [6.45, 7) is 12.1. The van der Waals surface area contributed by atoms with Gasteiger partial charge in [0.05, 0.1) is 6.10 Å². The van der Waals surface area contributed by atoms with Crippen LogP contribution in [0.3, 0.4) is 0 Å². The molecule has 0 saturated heterocycles. The standard InChI is InChI=1S/C28H38O6/c1-6-26(4)15-22(34-23(31)16-33-20-9-7-19(29)8-10-20)27(5)17(2)11-13-28(18(3)25(26)32)14-12-21(30)24(27)28/h6-10,17-18,22,24-25,29,32H,1,11-16H2,2-5H3/t17?,18-,22+,24?,25-,26+,27-,28?/m0/s1. The van der Waals surface area contributed by atoms with E-state index in [-0.39, 0.29) is 41.3 Å². The SMILES string of the molecule is C=C[C@]1(C)C[C@@H](OC(=O)COc2ccc(O)cc2)[C@]2(C)C(C)CCC3(CCC(=O)C32)[C@@H](C)[C@@H]1O. The third-order valence-electron chi connectivity index (χ3n) is 9.77. The van der Waals surface area contributed by atoms with E-state index in [1.165, 1.54) is 12.1 Å². The molecule has 0 spiro atoms. The lowest BCUT2D eigenvalue weighted by atomic mass is 9.44. The minimum atomic E-state index is -0.689. The number of aromatic hydroxyl groups is 1. The summed E-state index contributed by atoms with van der Waals surface area (Å²) in [7, 11) is 0. The summed E-state index contributed by atoms with van der Waals surface area (Å²) in [6.07, 6.45) is 4.05. The summed E-state index contributed by atoms with van der Waals surface area (Å²) in [5, 5.41) is 21.0. The molecule has 186 valence electrons. The second-order valence-electron chi connectivity index (χ2n) is 11.3. The maximum absolute atomic E-state index is 13.4. The first-order chi connectivity index (χ1) is 16.0. The summed E-state index contributed by atoms with van der Waals surface area (Å²) in [5.41, 5.74) is -1.50. The van der Waals surface area contributed by atoms with Gasteiger partial charge in [-0.15, -0.1) is 6.58 Å². The normalized spacial score (nSPS) is 41.7. The highest BCUT2D eigenvalue weighted by Crippen LogP contribution is 2.67. The van der Waals surface area contributed by atoms with Crippen LogP contribution in [0.15, 0.2) is 36.9 Å². The molecule has 0 heterocycles. The Morgan fingerprint density at radius 2 is 1.88 bits per heavy atom. The highest BCUT2D eigenvalue weighted by atomic mass is 16.6. The van der Waals surface area contributed by atoms with Gasteiger partial charge in [0.15, 0.2) is 6.61 Å². The van der Waals surface area contributed by atoms with Gasteiger partial charge in [0, 0.05) is 23.2 Å². The number of aliphatic hydroxyl groups excluding tert-OH is 1. The molecule has 3 saturated carbocycles. The molecule has 3 aliphatic carbocycles. The van der Waals surface area contributed by atoms with Crippen LogP contribution in [0.2, 0.25) is 0 Å². The van der Waals surface area contributed by atoms with Gasteiger partial charge < -0.3 is 19.7 Å². The van der Waals surface area contributed by atoms with Crippen LogP contribution in [0.25, 0.3) is 0 Å². The molecule has 0 aliphatic heterocycles. The summed E-state index contributed by atoms with van der Waals surface area (Å²) in [4.78, 5) is 26.4. The predicted octanol–water partition coefficient (Wildman–Crippen LogP) is 4.68. The van der Waals surface area contributed by atoms with E-state index in [2.05, 4.69) is 27.4 Å². The molecule has 3 fully saturated rings. The number of hydrogen-bond donors (Lipinski definition) is 2. The van der Waals surface area contributed by atoms with Crippen LogP contribution in [-0.4, -0.2) is 40.8 Å². The van der Waals surface area contributed by atoms with Crippen molar-refractivity contribution in [2.45, 2.75) is 72.0 Å². The fourth-order valence-electron chi connectivity index (χ4n) is 7.38. The van der Waals surface area contributed by atoms with Gasteiger partial charge >= 0.3 is 5.97 Å². The Bertz CT molecular complexity index is 956. The molecule has 3 aliphatic rings. The van der Waals surface area contributed by atoms with Crippen molar-refractivity contribution in [3.05, 3.63) is 36.9 Å². The number of aliphatic hydroxyl groups is 1. The monoisotopic (exact) mass is 470 g/mol. The van der Waals surface area contributed by atoms with Gasteiger partial charge in [0.2, 0.25) is 0 Å². The Balaban J connectivity index is 1.68. The number of Topliss-reactive ketones (excluding diaryl/α,β-unsaturated/α-hetero) is 1. The summed E-state index contributed by atoms with van der Waals surface area (Å²) < 4.78 is 11.7. The molecule has 3 unspecified atom stereocenters. The molecule has 8 atom stereocenters. The van der Waals surface area contributed by atoms with E-state index in [1.807, 2.05) is 6.92 Å². The molecule has 6 nitrogen and oxygen atoms in total. The van der Waals surface area contributed by atoms with Crippen LogP contribution in [0.5, 0.6) is 11.5 Å². The number of ether oxygens (including phenoxy) is 2. The third kappa shape index (κ3) is 3.74. The number of carbonyl (C=O) groups is 2. The largest absolute Gasteiger partial charge is 0.508 e. The number of phenolic OH excluding ortho intramolecular Hbond substituents is 1. The lowest BCUT2D eigenvalue weighted by Crippen LogP contribution is -2.63. The predicted molar refractivity (Wildman–Crippen MR) is 128 cm³/mol. The zero-order valence-electron chi connectivity index (χ0n) is 20.8. The van der Waals surface area contributed by atoms with Crippen LogP contribution in [-0.2, 0) is 14.3 Å². The van der Waals surface area contributed by atoms with Crippen molar-refractivity contribution >= 4 is 11.8 Å². The van der Waals surface area contributed by atoms with Crippen LogP contribution in [0.1, 0.15) is 59.8 Å². The van der Waals surface area contributed by atoms with Crippen molar-refractivity contribution in [1.82, 2.24) is 0 Å². The molecule has 2 bridgehead atoms. The van der Waals surface area contributed by atoms with E-state index in [0.29, 0.717) is 18.6 Å². The number of benzene rings is 1. The highest BCUT2D eigenvalue weighted by molar-refractivity contribution is 5.85. The quantitative estimate of drug-likeness (QED) is 0.480. The van der Waals surface area contributed by atoms with Crippen LogP contribution < -0.4 is 4.74 Å². The van der Waals surface area contributed by atoms with Gasteiger partial charge in [0.1, 0.15) is 23.4 Å². The molecule has 34 heavy (non-hydrogen) atoms. The lowest BCUT2D eigenvalue weighted by Gasteiger charge is -2.61. The van der Waals surface area contributed by atoms with Crippen molar-refractivity contribution in [1.29, 1.82) is 0 Å². The smallest absolute Gasteiger partial charge is 0.344 e. The molecule has 0 aromatic heterocycles. The Kier molecular flexibility index (Phi) is 6.34. The van der Waals surface area contributed by atoms with Crippen LogP contribution in [0, 0.1) is 34.0 Å². The molecule has 2 N–H and O–H groups in total. The van der Waals surface area contributed by atoms with E-state index in [4.69, 9.17) is 9.47 Å². The first-order valence-corrected chi connectivity index (χ1v) is 12.4. The van der Waals surface area contributed by atoms with Crippen molar-refractivity contribution in [3.8, 4) is 11.5 Å². The average Bonchev–Trinajstić information content (AvgIpc) is 3.17. The summed E-state index contributed by atoms with van der Waals surface area (Å²) in [5.74, 6) is 0.158.